The number of benzene rings is 2. The Hall–Kier alpha value is -2.05. The molecule has 0 aliphatic heterocycles. The maximum absolute atomic E-state index is 12.7. The highest BCUT2D eigenvalue weighted by Gasteiger charge is 2.02. The van der Waals surface area contributed by atoms with E-state index in [2.05, 4.69) is 11.4 Å². The first kappa shape index (κ1) is 12.4. The lowest BCUT2D eigenvalue weighted by atomic mass is 10.1. The van der Waals surface area contributed by atoms with Crippen LogP contribution in [0.3, 0.4) is 0 Å². The molecule has 2 nitrogen and oxygen atoms in total. The maximum Gasteiger partial charge on any atom is 0.123 e. The molecular formula is C14H10ClFN2. The Kier molecular flexibility index (Phi) is 3.81. The third kappa shape index (κ3) is 2.99. The summed E-state index contributed by atoms with van der Waals surface area (Å²) in [6.07, 6.45) is 0. The summed E-state index contributed by atoms with van der Waals surface area (Å²) in [6, 6.07) is 13.3. The standard InChI is InChI=1S/C14H10ClFN2/c15-12-4-3-11(8-17)14(7-12)18-9-10-1-5-13(16)6-2-10/h1-7,18H,9H2. The van der Waals surface area contributed by atoms with Crippen molar-refractivity contribution in [3.05, 3.63) is 64.4 Å². The molecule has 0 radical (unpaired) electrons. The second kappa shape index (κ2) is 5.52. The molecular weight excluding hydrogens is 251 g/mol. The van der Waals surface area contributed by atoms with E-state index in [0.29, 0.717) is 22.8 Å². The number of nitriles is 1. The van der Waals surface area contributed by atoms with E-state index in [-0.39, 0.29) is 5.82 Å². The van der Waals surface area contributed by atoms with Crippen LogP contribution in [0.5, 0.6) is 0 Å². The molecule has 0 aliphatic rings. The summed E-state index contributed by atoms with van der Waals surface area (Å²) in [5, 5.41) is 12.6. The van der Waals surface area contributed by atoms with E-state index in [1.54, 1.807) is 30.3 Å². The Balaban J connectivity index is 2.13. The first-order valence-electron chi connectivity index (χ1n) is 5.37. The van der Waals surface area contributed by atoms with Gasteiger partial charge in [-0.05, 0) is 35.9 Å². The zero-order chi connectivity index (χ0) is 13.0. The largest absolute Gasteiger partial charge is 0.380 e. The monoisotopic (exact) mass is 260 g/mol. The van der Waals surface area contributed by atoms with Crippen molar-refractivity contribution in [3.63, 3.8) is 0 Å². The predicted molar refractivity (Wildman–Crippen MR) is 69.9 cm³/mol. The number of anilines is 1. The number of hydrogen-bond acceptors (Lipinski definition) is 2. The quantitative estimate of drug-likeness (QED) is 0.907. The van der Waals surface area contributed by atoms with Crippen LogP contribution in [-0.4, -0.2) is 0 Å². The van der Waals surface area contributed by atoms with E-state index in [1.807, 2.05) is 0 Å². The van der Waals surface area contributed by atoms with Crippen molar-refractivity contribution in [3.8, 4) is 6.07 Å². The topological polar surface area (TPSA) is 35.8 Å². The van der Waals surface area contributed by atoms with Crippen molar-refractivity contribution in [2.45, 2.75) is 6.54 Å². The highest BCUT2D eigenvalue weighted by molar-refractivity contribution is 6.30. The fourth-order valence-corrected chi connectivity index (χ4v) is 1.73. The molecule has 0 heterocycles. The van der Waals surface area contributed by atoms with Gasteiger partial charge in [0.2, 0.25) is 0 Å². The van der Waals surface area contributed by atoms with Gasteiger partial charge in [0, 0.05) is 11.6 Å². The molecule has 0 saturated heterocycles. The van der Waals surface area contributed by atoms with Crippen molar-refractivity contribution in [2.75, 3.05) is 5.32 Å². The number of rotatable bonds is 3. The minimum atomic E-state index is -0.265. The number of nitrogens with zero attached hydrogens (tertiary/aromatic N) is 1. The Morgan fingerprint density at radius 3 is 2.56 bits per heavy atom. The molecule has 0 fully saturated rings. The Morgan fingerprint density at radius 2 is 1.89 bits per heavy atom. The highest BCUT2D eigenvalue weighted by Crippen LogP contribution is 2.21. The molecule has 0 aromatic heterocycles. The van der Waals surface area contributed by atoms with E-state index < -0.39 is 0 Å². The summed E-state index contributed by atoms with van der Waals surface area (Å²) in [5.74, 6) is -0.265. The fraction of sp³-hybridized carbons (Fsp3) is 0.0714. The third-order valence-corrected chi connectivity index (χ3v) is 2.73. The molecule has 2 aromatic rings. The normalized spacial score (nSPS) is 9.83. The number of nitrogens with one attached hydrogen (secondary N) is 1. The average Bonchev–Trinajstić information content (AvgIpc) is 2.38. The minimum Gasteiger partial charge on any atom is -0.380 e. The van der Waals surface area contributed by atoms with Crippen LogP contribution < -0.4 is 5.32 Å². The molecule has 0 saturated carbocycles. The van der Waals surface area contributed by atoms with E-state index >= 15 is 0 Å². The fourth-order valence-electron chi connectivity index (χ4n) is 1.56. The third-order valence-electron chi connectivity index (χ3n) is 2.50. The van der Waals surface area contributed by atoms with Crippen LogP contribution in [0.15, 0.2) is 42.5 Å². The van der Waals surface area contributed by atoms with Gasteiger partial charge in [-0.15, -0.1) is 0 Å². The zero-order valence-electron chi connectivity index (χ0n) is 9.45. The molecule has 0 spiro atoms. The Bertz CT molecular complexity index is 588. The van der Waals surface area contributed by atoms with Crippen molar-refractivity contribution in [1.82, 2.24) is 0 Å². The number of hydrogen-bond donors (Lipinski definition) is 1. The lowest BCUT2D eigenvalue weighted by Gasteiger charge is -2.08. The highest BCUT2D eigenvalue weighted by atomic mass is 35.5. The minimum absolute atomic E-state index is 0.265. The second-order valence-corrected chi connectivity index (χ2v) is 4.22. The van der Waals surface area contributed by atoms with Gasteiger partial charge in [0.25, 0.3) is 0 Å². The average molecular weight is 261 g/mol. The molecule has 18 heavy (non-hydrogen) atoms. The van der Waals surface area contributed by atoms with Crippen molar-refractivity contribution >= 4 is 17.3 Å². The van der Waals surface area contributed by atoms with Gasteiger partial charge in [-0.2, -0.15) is 5.26 Å². The van der Waals surface area contributed by atoms with Gasteiger partial charge in [0.1, 0.15) is 11.9 Å². The maximum atomic E-state index is 12.7. The molecule has 2 aromatic carbocycles. The van der Waals surface area contributed by atoms with Crippen LogP contribution in [0, 0.1) is 17.1 Å². The van der Waals surface area contributed by atoms with Crippen LogP contribution in [0.25, 0.3) is 0 Å². The summed E-state index contributed by atoms with van der Waals surface area (Å²) in [6.45, 7) is 0.509. The molecule has 0 bridgehead atoms. The van der Waals surface area contributed by atoms with Crippen molar-refractivity contribution in [1.29, 1.82) is 5.26 Å². The molecule has 0 unspecified atom stereocenters. The molecule has 0 aliphatic carbocycles. The molecule has 4 heteroatoms. The van der Waals surface area contributed by atoms with Crippen LogP contribution in [-0.2, 0) is 6.54 Å². The van der Waals surface area contributed by atoms with Crippen LogP contribution in [0.2, 0.25) is 5.02 Å². The van der Waals surface area contributed by atoms with Gasteiger partial charge in [0.05, 0.1) is 11.3 Å². The Morgan fingerprint density at radius 1 is 1.17 bits per heavy atom. The smallest absolute Gasteiger partial charge is 0.123 e. The summed E-state index contributed by atoms with van der Waals surface area (Å²) < 4.78 is 12.7. The first-order valence-corrected chi connectivity index (χ1v) is 5.75. The first-order chi connectivity index (χ1) is 8.69. The van der Waals surface area contributed by atoms with Gasteiger partial charge >= 0.3 is 0 Å². The van der Waals surface area contributed by atoms with Gasteiger partial charge in [-0.25, -0.2) is 4.39 Å². The summed E-state index contributed by atoms with van der Waals surface area (Å²) in [7, 11) is 0. The van der Waals surface area contributed by atoms with Crippen molar-refractivity contribution < 1.29 is 4.39 Å². The molecule has 0 atom stereocenters. The molecule has 1 N–H and O–H groups in total. The number of halogens is 2. The van der Waals surface area contributed by atoms with Crippen LogP contribution in [0.1, 0.15) is 11.1 Å². The lowest BCUT2D eigenvalue weighted by Crippen LogP contribution is -2.01. The molecule has 0 amide bonds. The van der Waals surface area contributed by atoms with E-state index in [9.17, 15) is 4.39 Å². The van der Waals surface area contributed by atoms with Gasteiger partial charge in [0.15, 0.2) is 0 Å². The van der Waals surface area contributed by atoms with Gasteiger partial charge in [-0.3, -0.25) is 0 Å². The zero-order valence-corrected chi connectivity index (χ0v) is 10.2. The molecule has 2 rings (SSSR count). The van der Waals surface area contributed by atoms with Crippen LogP contribution >= 0.6 is 11.6 Å². The Labute approximate surface area is 110 Å². The van der Waals surface area contributed by atoms with Gasteiger partial charge in [-0.1, -0.05) is 23.7 Å². The van der Waals surface area contributed by atoms with Crippen molar-refractivity contribution in [2.24, 2.45) is 0 Å². The predicted octanol–water partition coefficient (Wildman–Crippen LogP) is 3.96. The lowest BCUT2D eigenvalue weighted by molar-refractivity contribution is 0.627. The summed E-state index contributed by atoms with van der Waals surface area (Å²) in [5.41, 5.74) is 2.14. The van der Waals surface area contributed by atoms with Crippen LogP contribution in [0.4, 0.5) is 10.1 Å². The van der Waals surface area contributed by atoms with E-state index in [1.165, 1.54) is 12.1 Å². The van der Waals surface area contributed by atoms with E-state index in [0.717, 1.165) is 5.56 Å². The SMILES string of the molecule is N#Cc1ccc(Cl)cc1NCc1ccc(F)cc1. The summed E-state index contributed by atoms with van der Waals surface area (Å²) >= 11 is 5.88. The summed E-state index contributed by atoms with van der Waals surface area (Å²) in [4.78, 5) is 0. The second-order valence-electron chi connectivity index (χ2n) is 3.78. The van der Waals surface area contributed by atoms with E-state index in [4.69, 9.17) is 16.9 Å². The van der Waals surface area contributed by atoms with Gasteiger partial charge < -0.3 is 5.32 Å². The molecule has 90 valence electrons.